The number of aliphatic hydroxyl groups excluding tert-OH is 1. The van der Waals surface area contributed by atoms with Crippen LogP contribution in [0.25, 0.3) is 0 Å². The van der Waals surface area contributed by atoms with Gasteiger partial charge in [-0.2, -0.15) is 0 Å². The molecule has 3 rings (SSSR count). The fourth-order valence-corrected chi connectivity index (χ4v) is 3.74. The summed E-state index contributed by atoms with van der Waals surface area (Å²) in [6.45, 7) is 5.03. The first kappa shape index (κ1) is 13.6. The molecule has 3 nitrogen and oxygen atoms in total. The number of hydrogen-bond acceptors (Lipinski definition) is 2. The number of carbonyl (C=O) groups is 1. The molecule has 2 atom stereocenters. The van der Waals surface area contributed by atoms with Crippen LogP contribution in [0, 0.1) is 11.3 Å². The lowest BCUT2D eigenvalue weighted by Crippen LogP contribution is -2.43. The van der Waals surface area contributed by atoms with Crippen LogP contribution in [-0.2, 0) is 4.79 Å². The Balaban J connectivity index is 1.92. The number of fused-ring (bicyclic) bond motifs is 1. The molecule has 20 heavy (non-hydrogen) atoms. The molecule has 1 aromatic carbocycles. The standard InChI is InChI=1S/C17H23NO2/c1-17(2)10-5-7-13(17)16(20)18-11-9-15(19)12-6-3-4-8-14(12)18/h3-4,6,8,13,15,19H,5,7,9-11H2,1-2H3. The first-order valence-electron chi connectivity index (χ1n) is 7.59. The molecule has 0 saturated heterocycles. The Morgan fingerprint density at radius 1 is 1.30 bits per heavy atom. The molecule has 2 unspecified atom stereocenters. The monoisotopic (exact) mass is 273 g/mol. The van der Waals surface area contributed by atoms with Gasteiger partial charge >= 0.3 is 0 Å². The molecule has 1 fully saturated rings. The number of amides is 1. The van der Waals surface area contributed by atoms with Gasteiger partial charge in [-0.3, -0.25) is 4.79 Å². The Bertz CT molecular complexity index is 523. The van der Waals surface area contributed by atoms with Crippen LogP contribution in [0.4, 0.5) is 5.69 Å². The van der Waals surface area contributed by atoms with Crippen LogP contribution in [0.1, 0.15) is 51.2 Å². The topological polar surface area (TPSA) is 40.5 Å². The Morgan fingerprint density at radius 2 is 2.05 bits per heavy atom. The Hall–Kier alpha value is -1.35. The first-order valence-corrected chi connectivity index (χ1v) is 7.59. The molecule has 0 bridgehead atoms. The van der Waals surface area contributed by atoms with Crippen molar-refractivity contribution in [2.24, 2.45) is 11.3 Å². The average Bonchev–Trinajstić information content (AvgIpc) is 2.78. The van der Waals surface area contributed by atoms with Crippen LogP contribution in [-0.4, -0.2) is 17.6 Å². The second-order valence-electron chi connectivity index (χ2n) is 6.79. The normalized spacial score (nSPS) is 28.2. The zero-order valence-electron chi connectivity index (χ0n) is 12.3. The van der Waals surface area contributed by atoms with Crippen LogP contribution in [0.3, 0.4) is 0 Å². The predicted octanol–water partition coefficient (Wildman–Crippen LogP) is 3.28. The van der Waals surface area contributed by atoms with Crippen molar-refractivity contribution in [3.05, 3.63) is 29.8 Å². The Labute approximate surface area is 120 Å². The maximum atomic E-state index is 12.9. The summed E-state index contributed by atoms with van der Waals surface area (Å²) in [6, 6.07) is 7.75. The number of para-hydroxylation sites is 1. The molecule has 1 aliphatic heterocycles. The van der Waals surface area contributed by atoms with E-state index in [2.05, 4.69) is 13.8 Å². The molecule has 0 radical (unpaired) electrons. The van der Waals surface area contributed by atoms with E-state index in [-0.39, 0.29) is 17.2 Å². The van der Waals surface area contributed by atoms with Gasteiger partial charge in [-0.25, -0.2) is 0 Å². The van der Waals surface area contributed by atoms with Crippen molar-refractivity contribution in [3.8, 4) is 0 Å². The summed E-state index contributed by atoms with van der Waals surface area (Å²) >= 11 is 0. The lowest BCUT2D eigenvalue weighted by atomic mass is 9.80. The summed E-state index contributed by atoms with van der Waals surface area (Å²) in [5, 5.41) is 10.1. The highest BCUT2D eigenvalue weighted by Gasteiger charge is 2.42. The third-order valence-corrected chi connectivity index (χ3v) is 5.03. The van der Waals surface area contributed by atoms with Crippen molar-refractivity contribution in [2.75, 3.05) is 11.4 Å². The number of aliphatic hydroxyl groups is 1. The molecule has 0 aromatic heterocycles. The van der Waals surface area contributed by atoms with E-state index in [1.807, 2.05) is 29.2 Å². The van der Waals surface area contributed by atoms with Gasteiger partial charge in [0.05, 0.1) is 6.10 Å². The van der Waals surface area contributed by atoms with Crippen LogP contribution < -0.4 is 4.90 Å². The van der Waals surface area contributed by atoms with Gasteiger partial charge in [0.1, 0.15) is 0 Å². The van der Waals surface area contributed by atoms with E-state index >= 15 is 0 Å². The van der Waals surface area contributed by atoms with Gasteiger partial charge in [-0.15, -0.1) is 0 Å². The molecule has 1 aromatic rings. The van der Waals surface area contributed by atoms with E-state index in [0.717, 1.165) is 30.5 Å². The number of rotatable bonds is 1. The minimum atomic E-state index is -0.438. The fraction of sp³-hybridized carbons (Fsp3) is 0.588. The van der Waals surface area contributed by atoms with Crippen molar-refractivity contribution in [2.45, 2.75) is 45.6 Å². The lowest BCUT2D eigenvalue weighted by Gasteiger charge is -2.36. The van der Waals surface area contributed by atoms with Crippen molar-refractivity contribution < 1.29 is 9.90 Å². The fourth-order valence-electron chi connectivity index (χ4n) is 3.74. The van der Waals surface area contributed by atoms with Gasteiger partial charge in [0.15, 0.2) is 0 Å². The third kappa shape index (κ3) is 2.14. The van der Waals surface area contributed by atoms with E-state index in [1.54, 1.807) is 0 Å². The third-order valence-electron chi connectivity index (χ3n) is 5.03. The van der Waals surface area contributed by atoms with Gasteiger partial charge in [0.25, 0.3) is 0 Å². The SMILES string of the molecule is CC1(C)CCCC1C(=O)N1CCC(O)c2ccccc21. The predicted molar refractivity (Wildman–Crippen MR) is 79.5 cm³/mol. The van der Waals surface area contributed by atoms with Crippen LogP contribution >= 0.6 is 0 Å². The van der Waals surface area contributed by atoms with Crippen molar-refractivity contribution in [3.63, 3.8) is 0 Å². The van der Waals surface area contributed by atoms with Gasteiger partial charge in [0.2, 0.25) is 5.91 Å². The Kier molecular flexibility index (Phi) is 3.33. The highest BCUT2D eigenvalue weighted by Crippen LogP contribution is 2.45. The minimum absolute atomic E-state index is 0.0993. The van der Waals surface area contributed by atoms with Gasteiger partial charge < -0.3 is 10.0 Å². The number of benzene rings is 1. The van der Waals surface area contributed by atoms with Crippen LogP contribution in [0.15, 0.2) is 24.3 Å². The molecule has 3 heteroatoms. The smallest absolute Gasteiger partial charge is 0.230 e. The van der Waals surface area contributed by atoms with E-state index < -0.39 is 6.10 Å². The second-order valence-corrected chi connectivity index (χ2v) is 6.79. The quantitative estimate of drug-likeness (QED) is 0.853. The summed E-state index contributed by atoms with van der Waals surface area (Å²) in [5.74, 6) is 0.359. The van der Waals surface area contributed by atoms with E-state index in [4.69, 9.17) is 0 Å². The lowest BCUT2D eigenvalue weighted by molar-refractivity contribution is -0.125. The molecular weight excluding hydrogens is 250 g/mol. The molecule has 1 amide bonds. The highest BCUT2D eigenvalue weighted by atomic mass is 16.3. The molecule has 108 valence electrons. The summed E-state index contributed by atoms with van der Waals surface area (Å²) in [5.41, 5.74) is 1.89. The van der Waals surface area contributed by atoms with Crippen LogP contribution in [0.5, 0.6) is 0 Å². The number of hydrogen-bond donors (Lipinski definition) is 1. The van der Waals surface area contributed by atoms with Crippen molar-refractivity contribution >= 4 is 11.6 Å². The van der Waals surface area contributed by atoms with Crippen molar-refractivity contribution in [1.29, 1.82) is 0 Å². The van der Waals surface area contributed by atoms with Crippen LogP contribution in [0.2, 0.25) is 0 Å². The maximum Gasteiger partial charge on any atom is 0.230 e. The summed E-state index contributed by atoms with van der Waals surface area (Å²) in [4.78, 5) is 14.8. The summed E-state index contributed by atoms with van der Waals surface area (Å²) in [7, 11) is 0. The number of nitrogens with zero attached hydrogens (tertiary/aromatic N) is 1. The molecule has 0 spiro atoms. The molecule has 1 N–H and O–H groups in total. The van der Waals surface area contributed by atoms with E-state index in [9.17, 15) is 9.90 Å². The average molecular weight is 273 g/mol. The zero-order valence-corrected chi connectivity index (χ0v) is 12.3. The number of anilines is 1. The van der Waals surface area contributed by atoms with Gasteiger partial charge in [-0.1, -0.05) is 38.5 Å². The Morgan fingerprint density at radius 3 is 2.75 bits per heavy atom. The summed E-state index contributed by atoms with van der Waals surface area (Å²) in [6.07, 6.45) is 3.46. The zero-order chi connectivity index (χ0) is 14.3. The minimum Gasteiger partial charge on any atom is -0.388 e. The largest absolute Gasteiger partial charge is 0.388 e. The molecule has 1 aliphatic carbocycles. The van der Waals surface area contributed by atoms with Gasteiger partial charge in [0, 0.05) is 23.7 Å². The molecular formula is C17H23NO2. The molecule has 1 saturated carbocycles. The number of carbonyl (C=O) groups excluding carboxylic acids is 1. The maximum absolute atomic E-state index is 12.9. The highest BCUT2D eigenvalue weighted by molar-refractivity contribution is 5.96. The second kappa shape index (κ2) is 4.88. The first-order chi connectivity index (χ1) is 9.50. The van der Waals surface area contributed by atoms with Crippen molar-refractivity contribution in [1.82, 2.24) is 0 Å². The molecule has 2 aliphatic rings. The molecule has 1 heterocycles. The van der Waals surface area contributed by atoms with E-state index in [1.165, 1.54) is 0 Å². The summed E-state index contributed by atoms with van der Waals surface area (Å²) < 4.78 is 0. The van der Waals surface area contributed by atoms with E-state index in [0.29, 0.717) is 13.0 Å². The van der Waals surface area contributed by atoms with Gasteiger partial charge in [-0.05, 0) is 30.7 Å².